The van der Waals surface area contributed by atoms with E-state index < -0.39 is 12.0 Å². The molecule has 0 amide bonds. The Hall–Kier alpha value is -5.50. The van der Waals surface area contributed by atoms with Crippen molar-refractivity contribution in [3.63, 3.8) is 0 Å². The van der Waals surface area contributed by atoms with Crippen LogP contribution in [0.15, 0.2) is 103 Å². The van der Waals surface area contributed by atoms with Gasteiger partial charge in [0, 0.05) is 0 Å². The Morgan fingerprint density at radius 3 is 2.07 bits per heavy atom. The molecule has 3 unspecified atom stereocenters. The zero-order chi connectivity index (χ0) is 30.2. The van der Waals surface area contributed by atoms with E-state index in [1.54, 1.807) is 54.6 Å². The highest BCUT2D eigenvalue weighted by molar-refractivity contribution is 6.03. The van der Waals surface area contributed by atoms with E-state index in [9.17, 15) is 14.7 Å². The number of Topliss-reactive ketones (excluding diaryl/α,β-unsaturated/α-hetero) is 2. The second-order valence-corrected chi connectivity index (χ2v) is 10.2. The van der Waals surface area contributed by atoms with Crippen molar-refractivity contribution in [2.75, 3.05) is 13.2 Å². The highest BCUT2D eigenvalue weighted by atomic mass is 16.5. The lowest BCUT2D eigenvalue weighted by Gasteiger charge is -2.27. The molecule has 4 aromatic rings. The van der Waals surface area contributed by atoms with Gasteiger partial charge in [0.05, 0.1) is 42.2 Å². The Kier molecular flexibility index (Phi) is 9.07. The number of nitrogens with zero attached hydrogens (tertiary/aromatic N) is 2. The molecule has 2 aliphatic heterocycles. The van der Waals surface area contributed by atoms with Crippen molar-refractivity contribution in [2.24, 2.45) is 11.8 Å². The summed E-state index contributed by atoms with van der Waals surface area (Å²) in [6.07, 6.45) is 3.21. The van der Waals surface area contributed by atoms with Gasteiger partial charge in [-0.05, 0) is 42.3 Å². The first kappa shape index (κ1) is 29.0. The minimum Gasteiger partial charge on any atom is -0.492 e. The fourth-order valence-corrected chi connectivity index (χ4v) is 4.99. The number of carbonyl (C=O) groups is 2. The first-order valence-electron chi connectivity index (χ1n) is 13.8. The summed E-state index contributed by atoms with van der Waals surface area (Å²) in [6, 6.07) is 28.8. The van der Waals surface area contributed by atoms with E-state index in [1.807, 2.05) is 54.6 Å². The number of para-hydroxylation sites is 2. The van der Waals surface area contributed by atoms with E-state index in [2.05, 4.69) is 9.69 Å². The van der Waals surface area contributed by atoms with Crippen LogP contribution < -0.4 is 9.47 Å². The summed E-state index contributed by atoms with van der Waals surface area (Å²) in [5.41, 5.74) is 4.03. The van der Waals surface area contributed by atoms with Crippen LogP contribution in [0.3, 0.4) is 0 Å². The van der Waals surface area contributed by atoms with Gasteiger partial charge in [-0.1, -0.05) is 84.4 Å². The average molecular weight is 569 g/mol. The first-order valence-corrected chi connectivity index (χ1v) is 13.8. The zero-order valence-corrected chi connectivity index (χ0v) is 23.2. The Labute approximate surface area is 250 Å². The highest BCUT2D eigenvalue weighted by Crippen LogP contribution is 2.30. The maximum atomic E-state index is 12.5. The summed E-state index contributed by atoms with van der Waals surface area (Å²) in [5.74, 6) is 0.362. The van der Waals surface area contributed by atoms with Crippen LogP contribution in [0.4, 0.5) is 11.4 Å². The molecule has 0 fully saturated rings. The molecule has 3 atom stereocenters. The van der Waals surface area contributed by atoms with Gasteiger partial charge in [-0.15, -0.1) is 0 Å². The van der Waals surface area contributed by atoms with E-state index >= 15 is 0 Å². The predicted octanol–water partition coefficient (Wildman–Crippen LogP) is 7.17. The van der Waals surface area contributed by atoms with Crippen LogP contribution >= 0.6 is 0 Å². The minimum atomic E-state index is -0.832. The maximum absolute atomic E-state index is 12.5. The lowest BCUT2D eigenvalue weighted by molar-refractivity contribution is 0.0486. The summed E-state index contributed by atoms with van der Waals surface area (Å²) in [7, 11) is 0. The Morgan fingerprint density at radius 2 is 1.37 bits per heavy atom. The first-order chi connectivity index (χ1) is 21.0. The molecule has 6 rings (SSSR count). The molecule has 0 bridgehead atoms. The van der Waals surface area contributed by atoms with Crippen molar-refractivity contribution >= 4 is 29.0 Å². The van der Waals surface area contributed by atoms with Crippen molar-refractivity contribution in [1.29, 1.82) is 0 Å². The van der Waals surface area contributed by atoms with Gasteiger partial charge in [-0.2, -0.15) is 0 Å². The summed E-state index contributed by atoms with van der Waals surface area (Å²) < 4.78 is 11.2. The predicted molar refractivity (Wildman–Crippen MR) is 164 cm³/mol. The quantitative estimate of drug-likeness (QED) is 0.258. The summed E-state index contributed by atoms with van der Waals surface area (Å²) >= 11 is 0. The molecule has 43 heavy (non-hydrogen) atoms. The average Bonchev–Trinajstić information content (AvgIpc) is 3.05. The van der Waals surface area contributed by atoms with E-state index in [0.29, 0.717) is 47.0 Å². The van der Waals surface area contributed by atoms with Crippen molar-refractivity contribution in [2.45, 2.75) is 12.5 Å². The van der Waals surface area contributed by atoms with Crippen LogP contribution in [0.5, 0.6) is 11.5 Å². The third-order valence-electron chi connectivity index (χ3n) is 7.28. The van der Waals surface area contributed by atoms with Crippen LogP contribution in [0.2, 0.25) is 0 Å². The fraction of sp³-hybridized carbons (Fsp3) is 0.167. The molecule has 212 valence electrons. The third-order valence-corrected chi connectivity index (χ3v) is 7.28. The van der Waals surface area contributed by atoms with Gasteiger partial charge >= 0.3 is 0 Å². The highest BCUT2D eigenvalue weighted by Gasteiger charge is 2.34. The smallest absolute Gasteiger partial charge is 0.187 e. The molecule has 0 aliphatic carbocycles. The number of fused-ring (bicyclic) bond motifs is 2. The van der Waals surface area contributed by atoms with Crippen molar-refractivity contribution in [3.05, 3.63) is 148 Å². The molecule has 1 N–H and O–H groups in total. The molecule has 2 heterocycles. The van der Waals surface area contributed by atoms with Crippen LogP contribution in [0, 0.1) is 25.0 Å². The van der Waals surface area contributed by atoms with Gasteiger partial charge in [-0.25, -0.2) is 9.69 Å². The Morgan fingerprint density at radius 1 is 0.767 bits per heavy atom. The van der Waals surface area contributed by atoms with Crippen LogP contribution in [-0.2, 0) is 6.42 Å². The zero-order valence-electron chi connectivity index (χ0n) is 23.2. The second kappa shape index (κ2) is 13.4. The fourth-order valence-electron chi connectivity index (χ4n) is 4.99. The van der Waals surface area contributed by atoms with Crippen LogP contribution in [0.25, 0.3) is 15.8 Å². The molecule has 2 aliphatic rings. The number of ether oxygens (including phenoxy) is 2. The standard InChI is InChI=1S/C18H15NO3.C18H13NO2/c1-19-13-6-4-5-12(9-13)10-16(20)15-11-22-17-8-3-2-7-14(17)18(15)21;1-19-15-6-4-5-13(11-15)9-10-14-12-21-17-8-3-2-7-16(17)18(14)20/h2-9,15-16,20H,10-11H2;2-11,14H,12H2/b;10-9+. The monoisotopic (exact) mass is 568 g/mol. The summed E-state index contributed by atoms with van der Waals surface area (Å²) in [6.45, 7) is 14.6. The number of rotatable bonds is 5. The van der Waals surface area contributed by atoms with Gasteiger partial charge in [0.2, 0.25) is 0 Å². The molecule has 7 nitrogen and oxygen atoms in total. The number of aliphatic hydroxyl groups is 1. The molecule has 7 heteroatoms. The van der Waals surface area contributed by atoms with Gasteiger partial charge in [-0.3, -0.25) is 9.59 Å². The normalized spacial score (nSPS) is 17.6. The molecule has 0 spiro atoms. The number of benzene rings is 4. The van der Waals surface area contributed by atoms with Gasteiger partial charge in [0.15, 0.2) is 22.9 Å². The SMILES string of the molecule is [C-]#[N+]c1cccc(/C=C/C2COc3ccccc3C2=O)c1.[C-]#[N+]c1cccc(CC(O)C2COc3ccccc3C2=O)c1. The van der Waals surface area contributed by atoms with Gasteiger partial charge in [0.25, 0.3) is 0 Å². The molecular weight excluding hydrogens is 540 g/mol. The van der Waals surface area contributed by atoms with E-state index in [-0.39, 0.29) is 24.1 Å². The molecule has 0 aromatic heterocycles. The van der Waals surface area contributed by atoms with Crippen LogP contribution in [-0.4, -0.2) is 36.0 Å². The lowest BCUT2D eigenvalue weighted by atomic mass is 9.87. The lowest BCUT2D eigenvalue weighted by Crippen LogP contribution is -2.38. The van der Waals surface area contributed by atoms with E-state index in [4.69, 9.17) is 22.6 Å². The van der Waals surface area contributed by atoms with Crippen molar-refractivity contribution in [3.8, 4) is 11.5 Å². The van der Waals surface area contributed by atoms with Crippen LogP contribution in [0.1, 0.15) is 31.8 Å². The Bertz CT molecular complexity index is 1760. The number of carbonyl (C=O) groups excluding carboxylic acids is 2. The third kappa shape index (κ3) is 6.87. The maximum Gasteiger partial charge on any atom is 0.187 e. The number of ketones is 2. The van der Waals surface area contributed by atoms with E-state index in [1.165, 1.54) is 0 Å². The number of aliphatic hydroxyl groups excluding tert-OH is 1. The number of hydrogen-bond acceptors (Lipinski definition) is 5. The van der Waals surface area contributed by atoms with E-state index in [0.717, 1.165) is 11.1 Å². The second-order valence-electron chi connectivity index (χ2n) is 10.2. The summed E-state index contributed by atoms with van der Waals surface area (Å²) in [5, 5.41) is 10.4. The summed E-state index contributed by atoms with van der Waals surface area (Å²) in [4.78, 5) is 31.6. The topological polar surface area (TPSA) is 81.6 Å². The largest absolute Gasteiger partial charge is 0.492 e. The molecular formula is C36H28N2O5. The molecule has 0 saturated carbocycles. The van der Waals surface area contributed by atoms with Gasteiger partial charge < -0.3 is 14.6 Å². The number of hydrogen-bond donors (Lipinski definition) is 1. The van der Waals surface area contributed by atoms with Gasteiger partial charge in [0.1, 0.15) is 24.7 Å². The minimum absolute atomic E-state index is 0.0782. The van der Waals surface area contributed by atoms with Crippen molar-refractivity contribution < 1.29 is 24.2 Å². The molecule has 0 radical (unpaired) electrons. The molecule has 4 aromatic carbocycles. The van der Waals surface area contributed by atoms with Crippen molar-refractivity contribution in [1.82, 2.24) is 0 Å². The Balaban J connectivity index is 0.000000171. The molecule has 0 saturated heterocycles.